The first-order valence-electron chi connectivity index (χ1n) is 7.26. The Morgan fingerprint density at radius 3 is 2.65 bits per heavy atom. The van der Waals surface area contributed by atoms with Gasteiger partial charge in [0.1, 0.15) is 12.4 Å². The lowest BCUT2D eigenvalue weighted by Crippen LogP contribution is -2.32. The number of ether oxygens (including phenoxy) is 1. The predicted molar refractivity (Wildman–Crippen MR) is 102 cm³/mol. The zero-order valence-corrected chi connectivity index (χ0v) is 14.8. The van der Waals surface area contributed by atoms with Crippen LogP contribution >= 0.6 is 23.2 Å². The molecule has 0 atom stereocenters. The van der Waals surface area contributed by atoms with Gasteiger partial charge in [-0.2, -0.15) is 5.10 Å². The third kappa shape index (κ3) is 5.52. The summed E-state index contributed by atoms with van der Waals surface area (Å²) in [6, 6.07) is 11.4. The first-order valence-corrected chi connectivity index (χ1v) is 8.01. The smallest absolute Gasteiger partial charge is 0.329 e. The van der Waals surface area contributed by atoms with Gasteiger partial charge in [-0.25, -0.2) is 5.43 Å². The van der Waals surface area contributed by atoms with E-state index < -0.39 is 11.8 Å². The number of halogens is 2. The van der Waals surface area contributed by atoms with Crippen molar-refractivity contribution in [3.63, 3.8) is 0 Å². The summed E-state index contributed by atoms with van der Waals surface area (Å²) in [6.45, 7) is 0.100. The minimum absolute atomic E-state index is 0.100. The number of amides is 2. The Morgan fingerprint density at radius 1 is 1.15 bits per heavy atom. The summed E-state index contributed by atoms with van der Waals surface area (Å²) >= 11 is 11.6. The van der Waals surface area contributed by atoms with Gasteiger partial charge in [-0.3, -0.25) is 9.59 Å². The SMILES string of the molecule is C#CCOc1ccccc1/C=N/NC(=O)C(=O)Nc1ccc(Cl)c(Cl)c1. The Balaban J connectivity index is 1.95. The molecule has 6 nitrogen and oxygen atoms in total. The van der Waals surface area contributed by atoms with Crippen molar-refractivity contribution < 1.29 is 14.3 Å². The summed E-state index contributed by atoms with van der Waals surface area (Å²) in [4.78, 5) is 23.6. The molecule has 26 heavy (non-hydrogen) atoms. The summed E-state index contributed by atoms with van der Waals surface area (Å²) in [5.74, 6) is 1.00. The maximum atomic E-state index is 11.8. The average molecular weight is 390 g/mol. The minimum Gasteiger partial charge on any atom is -0.480 e. The van der Waals surface area contributed by atoms with Gasteiger partial charge in [-0.05, 0) is 30.3 Å². The average Bonchev–Trinajstić information content (AvgIpc) is 2.63. The topological polar surface area (TPSA) is 79.8 Å². The minimum atomic E-state index is -0.950. The quantitative estimate of drug-likeness (QED) is 0.356. The van der Waals surface area contributed by atoms with E-state index in [1.54, 1.807) is 24.3 Å². The number of carbonyl (C=O) groups excluding carboxylic acids is 2. The molecule has 2 N–H and O–H groups in total. The predicted octanol–water partition coefficient (Wildman–Crippen LogP) is 3.09. The number of anilines is 1. The molecule has 0 aromatic heterocycles. The first kappa shape index (κ1) is 19.3. The van der Waals surface area contributed by atoms with Crippen molar-refractivity contribution in [2.24, 2.45) is 5.10 Å². The Morgan fingerprint density at radius 2 is 1.92 bits per heavy atom. The number of nitrogens with zero attached hydrogens (tertiary/aromatic N) is 1. The fourth-order valence-electron chi connectivity index (χ4n) is 1.81. The molecular formula is C18H13Cl2N3O3. The van der Waals surface area contributed by atoms with Crippen LogP contribution in [0.2, 0.25) is 10.0 Å². The second kappa shape index (κ2) is 9.47. The Bertz CT molecular complexity index is 891. The van der Waals surface area contributed by atoms with E-state index in [0.29, 0.717) is 22.0 Å². The lowest BCUT2D eigenvalue weighted by atomic mass is 10.2. The maximum absolute atomic E-state index is 11.8. The fourth-order valence-corrected chi connectivity index (χ4v) is 2.11. The second-order valence-electron chi connectivity index (χ2n) is 4.81. The maximum Gasteiger partial charge on any atom is 0.329 e. The van der Waals surface area contributed by atoms with Crippen LogP contribution in [0.3, 0.4) is 0 Å². The number of hydrogen-bond acceptors (Lipinski definition) is 4. The summed E-state index contributed by atoms with van der Waals surface area (Å²) in [5.41, 5.74) is 3.04. The summed E-state index contributed by atoms with van der Waals surface area (Å²) in [5, 5.41) is 6.72. The summed E-state index contributed by atoms with van der Waals surface area (Å²) in [7, 11) is 0. The van der Waals surface area contributed by atoms with Crippen molar-refractivity contribution in [2.45, 2.75) is 0 Å². The van der Waals surface area contributed by atoms with Crippen molar-refractivity contribution in [2.75, 3.05) is 11.9 Å². The summed E-state index contributed by atoms with van der Waals surface area (Å²) < 4.78 is 5.35. The second-order valence-corrected chi connectivity index (χ2v) is 5.63. The molecule has 2 aromatic rings. The number of para-hydroxylation sites is 1. The molecule has 0 saturated carbocycles. The molecule has 0 saturated heterocycles. The van der Waals surface area contributed by atoms with Gasteiger partial charge in [0.05, 0.1) is 16.3 Å². The lowest BCUT2D eigenvalue weighted by molar-refractivity contribution is -0.136. The van der Waals surface area contributed by atoms with Gasteiger partial charge < -0.3 is 10.1 Å². The molecule has 2 aromatic carbocycles. The molecule has 0 heterocycles. The van der Waals surface area contributed by atoms with Crippen LogP contribution in [0.5, 0.6) is 5.75 Å². The van der Waals surface area contributed by atoms with Crippen LogP contribution in [-0.2, 0) is 9.59 Å². The fraction of sp³-hybridized carbons (Fsp3) is 0.0556. The molecule has 0 bridgehead atoms. The van der Waals surface area contributed by atoms with Gasteiger partial charge in [-0.1, -0.05) is 41.3 Å². The van der Waals surface area contributed by atoms with E-state index in [1.165, 1.54) is 24.4 Å². The molecule has 0 radical (unpaired) electrons. The number of carbonyl (C=O) groups is 2. The van der Waals surface area contributed by atoms with Crippen molar-refractivity contribution in [3.8, 4) is 18.1 Å². The van der Waals surface area contributed by atoms with Crippen LogP contribution in [0, 0.1) is 12.3 Å². The van der Waals surface area contributed by atoms with Crippen LogP contribution in [-0.4, -0.2) is 24.6 Å². The van der Waals surface area contributed by atoms with E-state index in [1.807, 2.05) is 0 Å². The van der Waals surface area contributed by atoms with E-state index in [2.05, 4.69) is 21.8 Å². The molecule has 0 spiro atoms. The van der Waals surface area contributed by atoms with E-state index >= 15 is 0 Å². The van der Waals surface area contributed by atoms with Crippen LogP contribution in [0.1, 0.15) is 5.56 Å². The molecule has 2 rings (SSSR count). The number of nitrogens with one attached hydrogen (secondary N) is 2. The van der Waals surface area contributed by atoms with Crippen LogP contribution in [0.4, 0.5) is 5.69 Å². The Kier molecular flexibility index (Phi) is 7.03. The number of benzene rings is 2. The van der Waals surface area contributed by atoms with Gasteiger partial charge in [0.2, 0.25) is 0 Å². The van der Waals surface area contributed by atoms with Gasteiger partial charge in [0.25, 0.3) is 0 Å². The summed E-state index contributed by atoms with van der Waals surface area (Å²) in [6.07, 6.45) is 6.50. The third-order valence-electron chi connectivity index (χ3n) is 2.98. The van der Waals surface area contributed by atoms with Gasteiger partial charge in [-0.15, -0.1) is 6.42 Å². The first-order chi connectivity index (χ1) is 12.5. The molecule has 132 valence electrons. The molecule has 0 fully saturated rings. The van der Waals surface area contributed by atoms with Crippen molar-refractivity contribution >= 4 is 46.9 Å². The van der Waals surface area contributed by atoms with Gasteiger partial charge >= 0.3 is 11.8 Å². The number of rotatable bonds is 5. The molecule has 0 unspecified atom stereocenters. The van der Waals surface area contributed by atoms with E-state index in [4.69, 9.17) is 34.4 Å². The van der Waals surface area contributed by atoms with E-state index in [0.717, 1.165) is 0 Å². The largest absolute Gasteiger partial charge is 0.480 e. The number of hydrazone groups is 1. The van der Waals surface area contributed by atoms with E-state index in [9.17, 15) is 9.59 Å². The standard InChI is InChI=1S/C18H13Cl2N3O3/c1-2-9-26-16-6-4-3-5-12(16)11-21-23-18(25)17(24)22-13-7-8-14(19)15(20)10-13/h1,3-8,10-11H,9H2,(H,22,24)(H,23,25)/b21-11+. The van der Waals surface area contributed by atoms with Gasteiger partial charge in [0, 0.05) is 11.3 Å². The van der Waals surface area contributed by atoms with E-state index in [-0.39, 0.29) is 11.6 Å². The Hall–Kier alpha value is -3.01. The van der Waals surface area contributed by atoms with Gasteiger partial charge in [0.15, 0.2) is 0 Å². The van der Waals surface area contributed by atoms with Crippen LogP contribution in [0.25, 0.3) is 0 Å². The zero-order chi connectivity index (χ0) is 18.9. The highest BCUT2D eigenvalue weighted by Crippen LogP contribution is 2.24. The van der Waals surface area contributed by atoms with Crippen LogP contribution in [0.15, 0.2) is 47.6 Å². The molecule has 0 aliphatic carbocycles. The van der Waals surface area contributed by atoms with Crippen molar-refractivity contribution in [1.82, 2.24) is 5.43 Å². The molecule has 8 heteroatoms. The monoisotopic (exact) mass is 389 g/mol. The Labute approximate surface area is 160 Å². The molecule has 2 amide bonds. The lowest BCUT2D eigenvalue weighted by Gasteiger charge is -2.06. The third-order valence-corrected chi connectivity index (χ3v) is 3.72. The van der Waals surface area contributed by atoms with Crippen molar-refractivity contribution in [3.05, 3.63) is 58.1 Å². The van der Waals surface area contributed by atoms with Crippen LogP contribution < -0.4 is 15.5 Å². The highest BCUT2D eigenvalue weighted by molar-refractivity contribution is 6.42. The number of terminal acetylenes is 1. The highest BCUT2D eigenvalue weighted by Gasteiger charge is 2.13. The highest BCUT2D eigenvalue weighted by atomic mass is 35.5. The zero-order valence-electron chi connectivity index (χ0n) is 13.3. The van der Waals surface area contributed by atoms with Crippen molar-refractivity contribution in [1.29, 1.82) is 0 Å². The molecule has 0 aliphatic heterocycles. The molecule has 0 aliphatic rings. The molecular weight excluding hydrogens is 377 g/mol. The normalized spacial score (nSPS) is 10.2. The number of hydrogen-bond donors (Lipinski definition) is 2.